The highest BCUT2D eigenvalue weighted by Crippen LogP contribution is 2.29. The SMILES string of the molecule is CC.CC.CC1CCC(C=O)CC1.CCC(C)C(=O)CN(C)c1cc(C#CC(C)(C)C)sc1C=O.COC. The number of ether oxygens (including phenoxy) is 1. The second-order valence-corrected chi connectivity index (χ2v) is 11.3. The summed E-state index contributed by atoms with van der Waals surface area (Å²) in [6.07, 6.45) is 7.56. The maximum atomic E-state index is 12.1. The first-order valence-corrected chi connectivity index (χ1v) is 14.9. The van der Waals surface area contributed by atoms with Crippen LogP contribution in [-0.2, 0) is 14.3 Å². The van der Waals surface area contributed by atoms with Crippen LogP contribution < -0.4 is 4.90 Å². The van der Waals surface area contributed by atoms with Gasteiger partial charge in [0.1, 0.15) is 6.29 Å². The molecular weight excluding hydrogens is 494 g/mol. The monoisotopic (exact) mass is 551 g/mol. The predicted molar refractivity (Wildman–Crippen MR) is 167 cm³/mol. The van der Waals surface area contributed by atoms with Crippen LogP contribution in [0.3, 0.4) is 0 Å². The summed E-state index contributed by atoms with van der Waals surface area (Å²) in [6.45, 7) is 20.7. The lowest BCUT2D eigenvalue weighted by molar-refractivity contribution is -0.121. The fraction of sp³-hybridized carbons (Fsp3) is 0.719. The van der Waals surface area contributed by atoms with Gasteiger partial charge in [-0.1, -0.05) is 73.1 Å². The minimum absolute atomic E-state index is 0.0425. The van der Waals surface area contributed by atoms with Crippen LogP contribution in [0.1, 0.15) is 116 Å². The molecule has 1 aliphatic carbocycles. The zero-order chi connectivity index (χ0) is 30.3. The second kappa shape index (κ2) is 24.1. The van der Waals surface area contributed by atoms with E-state index in [-0.39, 0.29) is 17.1 Å². The smallest absolute Gasteiger partial charge is 0.162 e. The zero-order valence-electron chi connectivity index (χ0n) is 26.7. The van der Waals surface area contributed by atoms with E-state index in [0.717, 1.165) is 48.3 Å². The zero-order valence-corrected chi connectivity index (χ0v) is 27.5. The Morgan fingerprint density at radius 2 is 1.63 bits per heavy atom. The van der Waals surface area contributed by atoms with Gasteiger partial charge in [-0.25, -0.2) is 0 Å². The fourth-order valence-electron chi connectivity index (χ4n) is 3.21. The summed E-state index contributed by atoms with van der Waals surface area (Å²) < 4.78 is 4.25. The number of ketones is 1. The van der Waals surface area contributed by atoms with Gasteiger partial charge in [-0.15, -0.1) is 11.3 Å². The third-order valence-corrected chi connectivity index (χ3v) is 6.59. The van der Waals surface area contributed by atoms with Gasteiger partial charge in [0.05, 0.1) is 22.0 Å². The highest BCUT2D eigenvalue weighted by molar-refractivity contribution is 7.14. The van der Waals surface area contributed by atoms with Gasteiger partial charge in [0.25, 0.3) is 0 Å². The second-order valence-electron chi connectivity index (χ2n) is 10.2. The van der Waals surface area contributed by atoms with Crippen molar-refractivity contribution in [3.05, 3.63) is 15.8 Å². The number of thiophene rings is 1. The first kappa shape index (κ1) is 40.5. The molecule has 0 aromatic carbocycles. The molecular formula is C32H57NO4S. The Labute approximate surface area is 239 Å². The van der Waals surface area contributed by atoms with Crippen molar-refractivity contribution in [3.63, 3.8) is 0 Å². The fourth-order valence-corrected chi connectivity index (χ4v) is 4.09. The van der Waals surface area contributed by atoms with E-state index in [1.807, 2.05) is 80.3 Å². The third kappa shape index (κ3) is 19.2. The largest absolute Gasteiger partial charge is 0.388 e. The highest BCUT2D eigenvalue weighted by atomic mass is 32.1. The molecule has 1 aromatic rings. The van der Waals surface area contributed by atoms with E-state index in [0.29, 0.717) is 17.3 Å². The maximum absolute atomic E-state index is 12.1. The molecule has 1 aromatic heterocycles. The van der Waals surface area contributed by atoms with Crippen LogP contribution in [0.4, 0.5) is 5.69 Å². The molecule has 5 nitrogen and oxygen atoms in total. The van der Waals surface area contributed by atoms with Crippen LogP contribution in [0.15, 0.2) is 6.07 Å². The van der Waals surface area contributed by atoms with Crippen molar-refractivity contribution in [2.75, 3.05) is 32.7 Å². The number of hydrogen-bond donors (Lipinski definition) is 0. The van der Waals surface area contributed by atoms with Crippen molar-refractivity contribution in [1.82, 2.24) is 0 Å². The van der Waals surface area contributed by atoms with E-state index in [9.17, 15) is 14.4 Å². The number of carbonyl (C=O) groups excluding carboxylic acids is 3. The number of rotatable bonds is 7. The first-order chi connectivity index (χ1) is 17.9. The molecule has 1 atom stereocenters. The number of likely N-dealkylation sites (N-methyl/N-ethyl adjacent to an activating group) is 1. The van der Waals surface area contributed by atoms with Crippen molar-refractivity contribution in [3.8, 4) is 11.8 Å². The molecule has 0 saturated heterocycles. The number of aldehydes is 2. The van der Waals surface area contributed by atoms with Crippen LogP contribution >= 0.6 is 11.3 Å². The summed E-state index contributed by atoms with van der Waals surface area (Å²) >= 11 is 1.38. The number of nitrogens with zero attached hydrogens (tertiary/aromatic N) is 1. The number of Topliss-reactive ketones (excluding diaryl/α,β-unsaturated/α-hetero) is 1. The van der Waals surface area contributed by atoms with E-state index in [1.165, 1.54) is 24.2 Å². The van der Waals surface area contributed by atoms with Crippen LogP contribution in [0.5, 0.6) is 0 Å². The summed E-state index contributed by atoms with van der Waals surface area (Å²) in [6, 6.07) is 1.90. The van der Waals surface area contributed by atoms with Crippen molar-refractivity contribution in [2.24, 2.45) is 23.2 Å². The number of anilines is 1. The van der Waals surface area contributed by atoms with E-state index in [4.69, 9.17) is 0 Å². The molecule has 38 heavy (non-hydrogen) atoms. The quantitative estimate of drug-likeness (QED) is 0.252. The summed E-state index contributed by atoms with van der Waals surface area (Å²) in [7, 11) is 5.09. The Morgan fingerprint density at radius 3 is 2.03 bits per heavy atom. The average Bonchev–Trinajstić information content (AvgIpc) is 3.34. The Hall–Kier alpha value is -1.97. The molecule has 220 valence electrons. The molecule has 0 N–H and O–H groups in total. The lowest BCUT2D eigenvalue weighted by Gasteiger charge is -2.21. The molecule has 1 fully saturated rings. The lowest BCUT2D eigenvalue weighted by atomic mass is 9.84. The Morgan fingerprint density at radius 1 is 1.13 bits per heavy atom. The first-order valence-electron chi connectivity index (χ1n) is 14.1. The molecule has 1 unspecified atom stereocenters. The van der Waals surface area contributed by atoms with Crippen molar-refractivity contribution in [1.29, 1.82) is 0 Å². The number of hydrogen-bond acceptors (Lipinski definition) is 6. The van der Waals surface area contributed by atoms with Gasteiger partial charge in [-0.2, -0.15) is 0 Å². The topological polar surface area (TPSA) is 63.7 Å². The van der Waals surface area contributed by atoms with E-state index in [1.54, 1.807) is 14.2 Å². The molecule has 2 rings (SSSR count). The molecule has 0 radical (unpaired) electrons. The summed E-state index contributed by atoms with van der Waals surface area (Å²) in [4.78, 5) is 36.9. The van der Waals surface area contributed by atoms with Gasteiger partial charge in [-0.05, 0) is 52.0 Å². The highest BCUT2D eigenvalue weighted by Gasteiger charge is 2.18. The number of carbonyl (C=O) groups is 3. The Bertz CT molecular complexity index is 806. The molecule has 6 heteroatoms. The van der Waals surface area contributed by atoms with Crippen LogP contribution in [0.2, 0.25) is 0 Å². The van der Waals surface area contributed by atoms with Gasteiger partial charge in [0, 0.05) is 38.5 Å². The minimum atomic E-state index is -0.0794. The summed E-state index contributed by atoms with van der Waals surface area (Å²) in [5.74, 6) is 7.77. The van der Waals surface area contributed by atoms with Crippen molar-refractivity contribution >= 4 is 35.4 Å². The lowest BCUT2D eigenvalue weighted by Crippen LogP contribution is -2.29. The van der Waals surface area contributed by atoms with E-state index in [2.05, 4.69) is 23.5 Å². The van der Waals surface area contributed by atoms with Crippen LogP contribution in [-0.4, -0.2) is 46.2 Å². The van der Waals surface area contributed by atoms with Crippen molar-refractivity contribution < 1.29 is 19.1 Å². The Kier molecular flexibility index (Phi) is 25.7. The van der Waals surface area contributed by atoms with Gasteiger partial charge in [0.2, 0.25) is 0 Å². The molecule has 1 aliphatic rings. The molecule has 0 bridgehead atoms. The molecule has 1 saturated carbocycles. The third-order valence-electron chi connectivity index (χ3n) is 5.63. The van der Waals surface area contributed by atoms with Gasteiger partial charge < -0.3 is 14.4 Å². The molecule has 1 heterocycles. The van der Waals surface area contributed by atoms with E-state index >= 15 is 0 Å². The summed E-state index contributed by atoms with van der Waals surface area (Å²) in [5.41, 5.74) is 0.707. The van der Waals surface area contributed by atoms with E-state index < -0.39 is 0 Å². The molecule has 0 amide bonds. The molecule has 0 spiro atoms. The Balaban J connectivity index is -0.000000629. The van der Waals surface area contributed by atoms with Gasteiger partial charge in [0.15, 0.2) is 12.1 Å². The maximum Gasteiger partial charge on any atom is 0.162 e. The number of methoxy groups -OCH3 is 1. The minimum Gasteiger partial charge on any atom is -0.388 e. The standard InChI is InChI=1S/C18H25NO2S.C8H14O.C2H6O.2C2H6/c1-7-13(2)16(21)11-19(6)15-10-14(22-17(15)12-20)8-9-18(3,4)5;1-7-2-4-8(6-9)5-3-7;1-3-2;2*1-2/h10,12-13H,7,11H2,1-6H3;6-8H,2-5H2,1H3;1-2H3;2*1-2H3. The van der Waals surface area contributed by atoms with Gasteiger partial charge >= 0.3 is 0 Å². The molecule has 0 aliphatic heterocycles. The van der Waals surface area contributed by atoms with Gasteiger partial charge in [-0.3, -0.25) is 9.59 Å². The average molecular weight is 552 g/mol. The predicted octanol–water partition coefficient (Wildman–Crippen LogP) is 8.34. The summed E-state index contributed by atoms with van der Waals surface area (Å²) in [5, 5.41) is 0. The normalized spacial score (nSPS) is 16.4. The van der Waals surface area contributed by atoms with Crippen LogP contribution in [0, 0.1) is 35.0 Å². The van der Waals surface area contributed by atoms with Crippen LogP contribution in [0.25, 0.3) is 0 Å². The van der Waals surface area contributed by atoms with Crippen molar-refractivity contribution in [2.45, 2.75) is 101 Å².